The van der Waals surface area contributed by atoms with Gasteiger partial charge in [-0.15, -0.1) is 18.3 Å². The molecule has 1 aliphatic carbocycles. The van der Waals surface area contributed by atoms with Gasteiger partial charge in [0.15, 0.2) is 5.12 Å². The van der Waals surface area contributed by atoms with E-state index in [9.17, 15) is 9.59 Å². The van der Waals surface area contributed by atoms with E-state index < -0.39 is 0 Å². The molecule has 1 saturated carbocycles. The lowest BCUT2D eigenvalue weighted by molar-refractivity contribution is -0.118. The van der Waals surface area contributed by atoms with Gasteiger partial charge in [-0.2, -0.15) is 0 Å². The highest BCUT2D eigenvalue weighted by Gasteiger charge is 2.45. The summed E-state index contributed by atoms with van der Waals surface area (Å²) in [6.45, 7) is 14.8. The maximum absolute atomic E-state index is 13.4. The molecular weight excluding hydrogens is 432 g/mol. The molecule has 1 aromatic rings. The number of hydrogen-bond donors (Lipinski definition) is 0. The molecule has 0 radical (unpaired) electrons. The first kappa shape index (κ1) is 27.2. The maximum atomic E-state index is 13.4. The van der Waals surface area contributed by atoms with Crippen LogP contribution in [-0.4, -0.2) is 21.4 Å². The van der Waals surface area contributed by atoms with Crippen LogP contribution in [0.5, 0.6) is 0 Å². The van der Waals surface area contributed by atoms with Crippen LogP contribution in [-0.2, 0) is 9.59 Å². The Labute approximate surface area is 204 Å². The van der Waals surface area contributed by atoms with Gasteiger partial charge in [0.25, 0.3) is 0 Å². The van der Waals surface area contributed by atoms with Crippen molar-refractivity contribution in [2.45, 2.75) is 95.6 Å². The quantitative estimate of drug-likeness (QED) is 0.225. The van der Waals surface area contributed by atoms with Crippen molar-refractivity contribution in [3.05, 3.63) is 42.5 Å². The Balaban J connectivity index is 2.01. The SMILES string of the molecule is C=C(C)CCC[C@@H](C(=O)SC(C)(C)C)[C@H]1CCC[C@]1(C)CCC(=O)CSc1ccccc1. The van der Waals surface area contributed by atoms with Crippen LogP contribution in [0.3, 0.4) is 0 Å². The summed E-state index contributed by atoms with van der Waals surface area (Å²) in [5.74, 6) is 1.32. The van der Waals surface area contributed by atoms with Crippen LogP contribution >= 0.6 is 23.5 Å². The van der Waals surface area contributed by atoms with Gasteiger partial charge in [0.1, 0.15) is 5.78 Å². The Kier molecular flexibility index (Phi) is 10.6. The van der Waals surface area contributed by atoms with Gasteiger partial charge in [0, 0.05) is 22.0 Å². The fraction of sp³-hybridized carbons (Fsp3) is 0.643. The molecule has 178 valence electrons. The minimum Gasteiger partial charge on any atom is -0.299 e. The summed E-state index contributed by atoms with van der Waals surface area (Å²) in [5.41, 5.74) is 1.27. The van der Waals surface area contributed by atoms with Crippen molar-refractivity contribution in [2.75, 3.05) is 5.75 Å². The van der Waals surface area contributed by atoms with Gasteiger partial charge >= 0.3 is 0 Å². The second-order valence-electron chi connectivity index (χ2n) is 10.8. The van der Waals surface area contributed by atoms with Gasteiger partial charge in [-0.1, -0.05) is 69.6 Å². The topological polar surface area (TPSA) is 34.1 Å². The van der Waals surface area contributed by atoms with Crippen molar-refractivity contribution in [3.8, 4) is 0 Å². The molecule has 2 rings (SSSR count). The molecule has 4 heteroatoms. The number of carbonyl (C=O) groups excluding carboxylic acids is 2. The van der Waals surface area contributed by atoms with E-state index in [4.69, 9.17) is 0 Å². The van der Waals surface area contributed by atoms with Crippen LogP contribution in [0.2, 0.25) is 0 Å². The van der Waals surface area contributed by atoms with Gasteiger partial charge in [-0.25, -0.2) is 0 Å². The number of benzene rings is 1. The normalized spacial score (nSPS) is 22.0. The molecule has 0 aromatic heterocycles. The molecule has 1 aromatic carbocycles. The molecule has 0 N–H and O–H groups in total. The summed E-state index contributed by atoms with van der Waals surface area (Å²) in [6, 6.07) is 10.1. The number of thioether (sulfide) groups is 2. The summed E-state index contributed by atoms with van der Waals surface area (Å²) < 4.78 is -0.0662. The Bertz CT molecular complexity index is 765. The predicted molar refractivity (Wildman–Crippen MR) is 141 cm³/mol. The van der Waals surface area contributed by atoms with Gasteiger partial charge in [-0.3, -0.25) is 9.59 Å². The van der Waals surface area contributed by atoms with Crippen molar-refractivity contribution in [1.29, 1.82) is 0 Å². The summed E-state index contributed by atoms with van der Waals surface area (Å²) in [6.07, 6.45) is 7.87. The molecule has 0 unspecified atom stereocenters. The van der Waals surface area contributed by atoms with E-state index in [2.05, 4.69) is 53.3 Å². The average Bonchev–Trinajstić information content (AvgIpc) is 3.09. The standard InChI is InChI=1S/C28H42O2S2/c1-21(2)12-10-15-24(26(30)32-27(3,4)5)25-16-11-18-28(25,6)19-17-22(29)20-31-23-13-8-7-9-14-23/h7-9,13-14,24-25H,1,10-12,15-20H2,2-6H3/t24-,25-,28-/m1/s1. The number of ketones is 1. The van der Waals surface area contributed by atoms with Crippen LogP contribution < -0.4 is 0 Å². The second kappa shape index (κ2) is 12.5. The number of carbonyl (C=O) groups is 2. The third-order valence-corrected chi connectivity index (χ3v) is 8.78. The van der Waals surface area contributed by atoms with E-state index in [1.54, 1.807) is 11.8 Å². The molecule has 0 heterocycles. The van der Waals surface area contributed by atoms with Gasteiger partial charge in [-0.05, 0) is 68.9 Å². The largest absolute Gasteiger partial charge is 0.299 e. The van der Waals surface area contributed by atoms with Gasteiger partial charge in [0.2, 0.25) is 0 Å². The predicted octanol–water partition coefficient (Wildman–Crippen LogP) is 8.36. The smallest absolute Gasteiger partial charge is 0.192 e. The van der Waals surface area contributed by atoms with E-state index in [0.29, 0.717) is 29.0 Å². The maximum Gasteiger partial charge on any atom is 0.192 e. The zero-order chi connectivity index (χ0) is 23.8. The van der Waals surface area contributed by atoms with Gasteiger partial charge < -0.3 is 0 Å². The van der Waals surface area contributed by atoms with Crippen molar-refractivity contribution in [2.24, 2.45) is 17.3 Å². The molecule has 0 amide bonds. The molecule has 3 atom stereocenters. The summed E-state index contributed by atoms with van der Waals surface area (Å²) >= 11 is 3.14. The van der Waals surface area contributed by atoms with Crippen LogP contribution in [0.25, 0.3) is 0 Å². The van der Waals surface area contributed by atoms with Gasteiger partial charge in [0.05, 0.1) is 5.75 Å². The lowest BCUT2D eigenvalue weighted by Crippen LogP contribution is -2.34. The molecular formula is C28H42O2S2. The number of rotatable bonds is 12. The van der Waals surface area contributed by atoms with Crippen molar-refractivity contribution < 1.29 is 9.59 Å². The third kappa shape index (κ3) is 9.09. The average molecular weight is 475 g/mol. The van der Waals surface area contributed by atoms with Crippen LogP contribution in [0.1, 0.15) is 86.0 Å². The summed E-state index contributed by atoms with van der Waals surface area (Å²) in [7, 11) is 0. The zero-order valence-corrected chi connectivity index (χ0v) is 22.4. The molecule has 32 heavy (non-hydrogen) atoms. The fourth-order valence-corrected chi connectivity index (χ4v) is 6.78. The number of Topliss-reactive ketones (excluding diaryl/α,β-unsaturated/α-hetero) is 1. The molecule has 0 bridgehead atoms. The lowest BCUT2D eigenvalue weighted by Gasteiger charge is -2.37. The Morgan fingerprint density at radius 3 is 2.50 bits per heavy atom. The van der Waals surface area contributed by atoms with E-state index >= 15 is 0 Å². The first-order chi connectivity index (χ1) is 15.0. The first-order valence-electron chi connectivity index (χ1n) is 12.1. The molecule has 1 fully saturated rings. The fourth-order valence-electron chi connectivity index (χ4n) is 4.92. The highest BCUT2D eigenvalue weighted by atomic mass is 32.2. The lowest BCUT2D eigenvalue weighted by atomic mass is 9.69. The first-order valence-corrected chi connectivity index (χ1v) is 13.9. The molecule has 0 aliphatic heterocycles. The number of allylic oxidation sites excluding steroid dienone is 1. The Morgan fingerprint density at radius 2 is 1.88 bits per heavy atom. The zero-order valence-electron chi connectivity index (χ0n) is 20.7. The van der Waals surface area contributed by atoms with Crippen LogP contribution in [0.15, 0.2) is 47.4 Å². The molecule has 0 saturated heterocycles. The molecule has 2 nitrogen and oxygen atoms in total. The second-order valence-corrected chi connectivity index (χ2v) is 13.7. The van der Waals surface area contributed by atoms with Crippen molar-refractivity contribution >= 4 is 34.4 Å². The van der Waals surface area contributed by atoms with Crippen LogP contribution in [0.4, 0.5) is 0 Å². The van der Waals surface area contributed by atoms with E-state index in [1.165, 1.54) is 23.8 Å². The highest BCUT2D eigenvalue weighted by Crippen LogP contribution is 2.52. The highest BCUT2D eigenvalue weighted by molar-refractivity contribution is 8.14. The van der Waals surface area contributed by atoms with E-state index in [1.807, 2.05) is 18.2 Å². The van der Waals surface area contributed by atoms with E-state index in [-0.39, 0.29) is 16.1 Å². The van der Waals surface area contributed by atoms with Crippen molar-refractivity contribution in [1.82, 2.24) is 0 Å². The monoisotopic (exact) mass is 474 g/mol. The van der Waals surface area contributed by atoms with E-state index in [0.717, 1.165) is 43.4 Å². The number of hydrogen-bond acceptors (Lipinski definition) is 4. The minimum atomic E-state index is -0.0662. The Hall–Kier alpha value is -1.00. The summed E-state index contributed by atoms with van der Waals surface area (Å²) in [5, 5.41) is 0.350. The summed E-state index contributed by atoms with van der Waals surface area (Å²) in [4.78, 5) is 27.2. The minimum absolute atomic E-state index is 0.0662. The molecule has 0 spiro atoms. The third-order valence-electron chi connectivity index (χ3n) is 6.59. The van der Waals surface area contributed by atoms with Crippen molar-refractivity contribution in [3.63, 3.8) is 0 Å². The van der Waals surface area contributed by atoms with Crippen LogP contribution in [0, 0.1) is 17.3 Å². The Morgan fingerprint density at radius 1 is 1.19 bits per heavy atom. The molecule has 1 aliphatic rings.